The number of esters is 1. The summed E-state index contributed by atoms with van der Waals surface area (Å²) in [6.07, 6.45) is 8.41. The molecular weight excluding hydrogens is 484 g/mol. The van der Waals surface area contributed by atoms with Crippen molar-refractivity contribution in [2.45, 2.75) is 73.6 Å². The van der Waals surface area contributed by atoms with Crippen LogP contribution in [-0.4, -0.2) is 11.8 Å². The SMILES string of the molecule is C[C@H]1[C@H](C)CCC/C=C\C[CH-]OC(=O)C[C@H](C)C(C)(C)C(=O)[C@@H]1C.[W]. The Hall–Kier alpha value is -0.432. The number of rotatable bonds is 0. The molecule has 1 heterocycles. The first-order valence-electron chi connectivity index (χ1n) is 9.38. The third kappa shape index (κ3) is 7.37. The van der Waals surface area contributed by atoms with Crippen LogP contribution in [0.15, 0.2) is 12.2 Å². The summed E-state index contributed by atoms with van der Waals surface area (Å²) in [7, 11) is 0. The van der Waals surface area contributed by atoms with Gasteiger partial charge in [0.2, 0.25) is 0 Å². The van der Waals surface area contributed by atoms with Gasteiger partial charge in [0, 0.05) is 38.8 Å². The van der Waals surface area contributed by atoms with Crippen molar-refractivity contribution in [3.05, 3.63) is 18.8 Å². The summed E-state index contributed by atoms with van der Waals surface area (Å²) in [6.45, 7) is 14.0. The van der Waals surface area contributed by atoms with Crippen LogP contribution in [-0.2, 0) is 35.4 Å². The minimum absolute atomic E-state index is 0. The van der Waals surface area contributed by atoms with E-state index in [4.69, 9.17) is 4.74 Å². The van der Waals surface area contributed by atoms with E-state index in [1.165, 1.54) is 0 Å². The van der Waals surface area contributed by atoms with Gasteiger partial charge >= 0.3 is 0 Å². The number of ether oxygens (including phenoxy) is 1. The minimum atomic E-state index is -0.524. The number of cyclic esters (lactones) is 1. The second-order valence-corrected chi connectivity index (χ2v) is 8.11. The van der Waals surface area contributed by atoms with Crippen molar-refractivity contribution in [2.24, 2.45) is 29.1 Å². The number of Topliss-reactive ketones (excluding diaryl/α,β-unsaturated/α-hetero) is 1. The number of allylic oxidation sites excluding steroid dienone is 1. The van der Waals surface area contributed by atoms with E-state index in [1.54, 1.807) is 6.61 Å². The van der Waals surface area contributed by atoms with Crippen molar-refractivity contribution in [3.63, 3.8) is 0 Å². The second kappa shape index (κ2) is 11.3. The van der Waals surface area contributed by atoms with Gasteiger partial charge in [0.15, 0.2) is 0 Å². The largest absolute Gasteiger partial charge is 0.637 e. The van der Waals surface area contributed by atoms with E-state index in [2.05, 4.69) is 19.9 Å². The molecule has 0 fully saturated rings. The monoisotopic (exact) mass is 519 g/mol. The van der Waals surface area contributed by atoms with Crippen LogP contribution in [0.4, 0.5) is 0 Å². The molecule has 25 heavy (non-hydrogen) atoms. The van der Waals surface area contributed by atoms with Crippen molar-refractivity contribution >= 4 is 11.8 Å². The maximum absolute atomic E-state index is 13.1. The van der Waals surface area contributed by atoms with Crippen LogP contribution in [0.25, 0.3) is 0 Å². The zero-order valence-electron chi connectivity index (χ0n) is 16.7. The van der Waals surface area contributed by atoms with Gasteiger partial charge in [-0.1, -0.05) is 54.0 Å². The van der Waals surface area contributed by atoms with Crippen LogP contribution in [0.5, 0.6) is 0 Å². The van der Waals surface area contributed by atoms with Gasteiger partial charge in [-0.25, -0.2) is 0 Å². The molecule has 0 saturated carbocycles. The molecule has 3 nitrogen and oxygen atoms in total. The Morgan fingerprint density at radius 3 is 2.40 bits per heavy atom. The smallest absolute Gasteiger partial charge is 0.274 e. The molecule has 0 amide bonds. The Labute approximate surface area is 168 Å². The van der Waals surface area contributed by atoms with Gasteiger partial charge in [-0.15, -0.1) is 12.5 Å². The molecule has 144 valence electrons. The Morgan fingerprint density at radius 1 is 1.12 bits per heavy atom. The third-order valence-electron chi connectivity index (χ3n) is 6.08. The van der Waals surface area contributed by atoms with Crippen LogP contribution in [0.2, 0.25) is 0 Å². The standard InChI is InChI=1S/C21H35O3.W/c1-15-12-10-8-7-9-11-13-24-19(22)14-16(2)21(5,6)20(23)18(4)17(15)3;/h7,9,13,15-18H,8,10-12,14H2,1-6H3;/q-1;/b9-7-;/t15-,16+,17+,18-;/m1./s1. The maximum atomic E-state index is 13.1. The average molecular weight is 519 g/mol. The summed E-state index contributed by atoms with van der Waals surface area (Å²) in [5.41, 5.74) is -0.524. The third-order valence-corrected chi connectivity index (χ3v) is 6.08. The van der Waals surface area contributed by atoms with Crippen molar-refractivity contribution in [2.75, 3.05) is 0 Å². The van der Waals surface area contributed by atoms with Gasteiger partial charge in [-0.05, 0) is 30.6 Å². The number of carbonyl (C=O) groups excluding carboxylic acids is 2. The number of hydrogen-bond acceptors (Lipinski definition) is 3. The van der Waals surface area contributed by atoms with E-state index in [1.807, 2.05) is 33.8 Å². The minimum Gasteiger partial charge on any atom is -0.637 e. The summed E-state index contributed by atoms with van der Waals surface area (Å²) in [5, 5.41) is 0. The fraction of sp³-hybridized carbons (Fsp3) is 0.762. The first-order valence-corrected chi connectivity index (χ1v) is 9.38. The molecule has 0 spiro atoms. The molecule has 0 bridgehead atoms. The molecular formula is C21H35O3W-. The molecule has 1 aliphatic rings. The van der Waals surface area contributed by atoms with E-state index in [0.717, 1.165) is 19.3 Å². The van der Waals surface area contributed by atoms with Crippen LogP contribution in [0.3, 0.4) is 0 Å². The zero-order valence-corrected chi connectivity index (χ0v) is 19.6. The summed E-state index contributed by atoms with van der Waals surface area (Å²) in [5.74, 6) is 0.841. The Morgan fingerprint density at radius 2 is 1.76 bits per heavy atom. The summed E-state index contributed by atoms with van der Waals surface area (Å²) >= 11 is 0. The van der Waals surface area contributed by atoms with Gasteiger partial charge in [-0.2, -0.15) is 6.61 Å². The molecule has 1 aliphatic heterocycles. The van der Waals surface area contributed by atoms with Crippen LogP contribution in [0, 0.1) is 35.7 Å². The van der Waals surface area contributed by atoms with E-state index in [-0.39, 0.29) is 51.1 Å². The summed E-state index contributed by atoms with van der Waals surface area (Å²) < 4.78 is 5.18. The molecule has 0 aromatic carbocycles. The Balaban J connectivity index is 0.00000576. The van der Waals surface area contributed by atoms with Crippen molar-refractivity contribution in [1.29, 1.82) is 0 Å². The predicted molar refractivity (Wildman–Crippen MR) is 98.1 cm³/mol. The molecule has 0 radical (unpaired) electrons. The number of carbonyl (C=O) groups is 2. The van der Waals surface area contributed by atoms with Crippen molar-refractivity contribution < 1.29 is 35.4 Å². The number of hydrogen-bond donors (Lipinski definition) is 0. The zero-order chi connectivity index (χ0) is 18.3. The quantitative estimate of drug-likeness (QED) is 0.246. The summed E-state index contributed by atoms with van der Waals surface area (Å²) in [6, 6.07) is 0. The molecule has 0 aromatic rings. The van der Waals surface area contributed by atoms with Crippen LogP contribution < -0.4 is 0 Å². The summed E-state index contributed by atoms with van der Waals surface area (Å²) in [4.78, 5) is 25.1. The van der Waals surface area contributed by atoms with Gasteiger partial charge < -0.3 is 4.74 Å². The Kier molecular flexibility index (Phi) is 11.1. The second-order valence-electron chi connectivity index (χ2n) is 8.11. The molecule has 4 heteroatoms. The van der Waals surface area contributed by atoms with E-state index in [0.29, 0.717) is 18.3 Å². The van der Waals surface area contributed by atoms with Gasteiger partial charge in [-0.3, -0.25) is 9.59 Å². The van der Waals surface area contributed by atoms with Crippen LogP contribution in [0.1, 0.15) is 73.6 Å². The fourth-order valence-corrected chi connectivity index (χ4v) is 3.35. The van der Waals surface area contributed by atoms with Crippen molar-refractivity contribution in [1.82, 2.24) is 0 Å². The molecule has 0 N–H and O–H groups in total. The first kappa shape index (κ1) is 24.6. The Bertz CT molecular complexity index is 456. The predicted octanol–water partition coefficient (Wildman–Crippen LogP) is 5.35. The first-order chi connectivity index (χ1) is 11.2. The molecule has 1 rings (SSSR count). The molecule has 0 unspecified atom stereocenters. The molecule has 0 aromatic heterocycles. The molecule has 4 atom stereocenters. The van der Waals surface area contributed by atoms with Gasteiger partial charge in [0.05, 0.1) is 0 Å². The normalized spacial score (nSPS) is 33.8. The van der Waals surface area contributed by atoms with Gasteiger partial charge in [0.25, 0.3) is 5.97 Å². The topological polar surface area (TPSA) is 43.4 Å². The van der Waals surface area contributed by atoms with Gasteiger partial charge in [0.1, 0.15) is 5.78 Å². The van der Waals surface area contributed by atoms with E-state index in [9.17, 15) is 9.59 Å². The van der Waals surface area contributed by atoms with E-state index < -0.39 is 5.41 Å². The van der Waals surface area contributed by atoms with Crippen molar-refractivity contribution in [3.8, 4) is 0 Å². The number of ketones is 1. The molecule has 0 saturated heterocycles. The maximum Gasteiger partial charge on any atom is 0.274 e. The molecule has 0 aliphatic carbocycles. The van der Waals surface area contributed by atoms with E-state index >= 15 is 0 Å². The average Bonchev–Trinajstić information content (AvgIpc) is 2.53. The fourth-order valence-electron chi connectivity index (χ4n) is 3.35. The van der Waals surface area contributed by atoms with Crippen LogP contribution >= 0.6 is 0 Å².